The Kier molecular flexibility index (Phi) is 4.91. The molecule has 0 aliphatic carbocycles. The average Bonchev–Trinajstić information content (AvgIpc) is 3.35. The summed E-state index contributed by atoms with van der Waals surface area (Å²) in [4.78, 5) is 16.8. The predicted molar refractivity (Wildman–Crippen MR) is 133 cm³/mol. The summed E-state index contributed by atoms with van der Waals surface area (Å²) in [5.74, 6) is -0.306. The van der Waals surface area contributed by atoms with Gasteiger partial charge >= 0.3 is 0 Å². The van der Waals surface area contributed by atoms with Gasteiger partial charge in [0.25, 0.3) is 5.91 Å². The summed E-state index contributed by atoms with van der Waals surface area (Å²) in [5.41, 5.74) is 4.52. The molecule has 4 heteroatoms. The fourth-order valence-electron chi connectivity index (χ4n) is 5.21. The largest absolute Gasteiger partial charge is 0.371 e. The molecule has 6 rings (SSSR count). The van der Waals surface area contributed by atoms with Crippen LogP contribution in [0.5, 0.6) is 0 Å². The van der Waals surface area contributed by atoms with Crippen molar-refractivity contribution in [3.63, 3.8) is 0 Å². The fraction of sp³-hybridized carbons (Fsp3) is 0.100. The minimum absolute atomic E-state index is 0.306. The standard InChI is InChI=1S/C30H24N2O2/c33-29-30(34,25-16-8-10-18-28(25)32(29)20-23-13-5-2-6-14-23)26-21-31(19-22-11-3-1-4-12-22)27-17-9-7-15-24(26)27/h1-18,21,34H,19-20H2/p+1. The molecule has 4 aromatic carbocycles. The number of amides is 1. The number of carbonyl (C=O) groups is 1. The second kappa shape index (κ2) is 8.10. The van der Waals surface area contributed by atoms with Gasteiger partial charge in [-0.05, 0) is 17.7 Å². The van der Waals surface area contributed by atoms with Gasteiger partial charge < -0.3 is 10.0 Å². The Balaban J connectivity index is 1.45. The maximum Gasteiger partial charge on any atom is 0.269 e. The van der Waals surface area contributed by atoms with Crippen molar-refractivity contribution in [2.75, 3.05) is 4.90 Å². The molecule has 0 bridgehead atoms. The van der Waals surface area contributed by atoms with E-state index in [9.17, 15) is 9.90 Å². The lowest BCUT2D eigenvalue weighted by Crippen LogP contribution is -3.00. The fourth-order valence-corrected chi connectivity index (χ4v) is 5.21. The van der Waals surface area contributed by atoms with Crippen molar-refractivity contribution in [3.05, 3.63) is 138 Å². The van der Waals surface area contributed by atoms with Gasteiger partial charge in [-0.25, -0.2) is 0 Å². The normalized spacial score (nSPS) is 20.7. The van der Waals surface area contributed by atoms with Crippen molar-refractivity contribution in [1.29, 1.82) is 0 Å². The smallest absolute Gasteiger partial charge is 0.269 e. The molecule has 2 aliphatic rings. The van der Waals surface area contributed by atoms with Gasteiger partial charge in [-0.2, -0.15) is 0 Å². The number of nitrogens with one attached hydrogen (secondary N) is 1. The van der Waals surface area contributed by atoms with E-state index in [1.807, 2.05) is 97.2 Å². The van der Waals surface area contributed by atoms with E-state index in [4.69, 9.17) is 0 Å². The molecule has 0 aromatic heterocycles. The Hall–Kier alpha value is -3.99. The Bertz CT molecular complexity index is 1400. The third kappa shape index (κ3) is 3.19. The van der Waals surface area contributed by atoms with Gasteiger partial charge in [-0.3, -0.25) is 9.69 Å². The van der Waals surface area contributed by atoms with Crippen molar-refractivity contribution >= 4 is 22.9 Å². The SMILES string of the molecule is O=C1N(Cc2ccccc2)c2ccccc2C1(O)C1=C[NH+](Cc2ccccc2)c2ccccc21. The molecule has 1 amide bonds. The molecule has 0 spiro atoms. The van der Waals surface area contributed by atoms with Crippen LogP contribution in [-0.4, -0.2) is 11.0 Å². The van der Waals surface area contributed by atoms with Crippen LogP contribution in [0.25, 0.3) is 5.57 Å². The molecule has 2 aliphatic heterocycles. The van der Waals surface area contributed by atoms with E-state index >= 15 is 0 Å². The van der Waals surface area contributed by atoms with Gasteiger partial charge in [-0.15, -0.1) is 0 Å². The molecule has 0 fully saturated rings. The number of para-hydroxylation sites is 2. The number of hydrogen-bond acceptors (Lipinski definition) is 2. The Morgan fingerprint density at radius 1 is 0.735 bits per heavy atom. The molecule has 2 unspecified atom stereocenters. The lowest BCUT2D eigenvalue weighted by molar-refractivity contribution is -0.787. The van der Waals surface area contributed by atoms with Gasteiger partial charge in [0.1, 0.15) is 18.4 Å². The van der Waals surface area contributed by atoms with Gasteiger partial charge in [0.2, 0.25) is 5.60 Å². The summed E-state index contributed by atoms with van der Waals surface area (Å²) in [5, 5.41) is 12.2. The monoisotopic (exact) mass is 445 g/mol. The number of rotatable bonds is 5. The molecule has 4 aromatic rings. The maximum absolute atomic E-state index is 14.0. The third-order valence-electron chi connectivity index (χ3n) is 6.83. The first-order valence-corrected chi connectivity index (χ1v) is 11.6. The van der Waals surface area contributed by atoms with E-state index in [1.54, 1.807) is 4.90 Å². The van der Waals surface area contributed by atoms with Crippen molar-refractivity contribution in [1.82, 2.24) is 0 Å². The van der Waals surface area contributed by atoms with E-state index in [1.165, 1.54) is 5.56 Å². The first-order chi connectivity index (χ1) is 16.7. The van der Waals surface area contributed by atoms with Crippen molar-refractivity contribution in [3.8, 4) is 0 Å². The molecule has 2 atom stereocenters. The highest BCUT2D eigenvalue weighted by molar-refractivity contribution is 6.15. The summed E-state index contributed by atoms with van der Waals surface area (Å²) >= 11 is 0. The van der Waals surface area contributed by atoms with Crippen molar-refractivity contribution in [2.45, 2.75) is 18.7 Å². The van der Waals surface area contributed by atoms with Crippen LogP contribution < -0.4 is 9.80 Å². The molecular formula is C30H25N2O2+. The molecular weight excluding hydrogens is 420 g/mol. The molecule has 166 valence electrons. The molecule has 0 saturated heterocycles. The van der Waals surface area contributed by atoms with Crippen LogP contribution in [0.15, 0.2) is 115 Å². The second-order valence-corrected chi connectivity index (χ2v) is 8.90. The zero-order chi connectivity index (χ0) is 23.1. The number of nitrogens with zero attached hydrogens (tertiary/aromatic N) is 1. The van der Waals surface area contributed by atoms with Crippen LogP contribution in [0.1, 0.15) is 22.3 Å². The summed E-state index contributed by atoms with van der Waals surface area (Å²) in [6, 6.07) is 35.9. The molecule has 0 saturated carbocycles. The zero-order valence-corrected chi connectivity index (χ0v) is 18.7. The number of quaternary nitrogens is 1. The van der Waals surface area contributed by atoms with Crippen LogP contribution in [0.4, 0.5) is 11.4 Å². The quantitative estimate of drug-likeness (QED) is 0.484. The first kappa shape index (κ1) is 20.6. The van der Waals surface area contributed by atoms with Crippen LogP contribution in [0.3, 0.4) is 0 Å². The average molecular weight is 446 g/mol. The number of anilines is 1. The first-order valence-electron chi connectivity index (χ1n) is 11.6. The summed E-state index contributed by atoms with van der Waals surface area (Å²) in [6.45, 7) is 1.15. The topological polar surface area (TPSA) is 45.0 Å². The van der Waals surface area contributed by atoms with Crippen LogP contribution in [0, 0.1) is 0 Å². The molecule has 34 heavy (non-hydrogen) atoms. The Labute approximate surface area is 199 Å². The Morgan fingerprint density at radius 3 is 2.12 bits per heavy atom. The number of hydrogen-bond donors (Lipinski definition) is 2. The van der Waals surface area contributed by atoms with Gasteiger partial charge in [-0.1, -0.05) is 91.0 Å². The number of carbonyl (C=O) groups excluding carboxylic acids is 1. The number of aliphatic hydroxyl groups is 1. The molecule has 2 heterocycles. The van der Waals surface area contributed by atoms with E-state index in [0.29, 0.717) is 17.7 Å². The van der Waals surface area contributed by atoms with Crippen molar-refractivity contribution < 1.29 is 14.8 Å². The minimum atomic E-state index is -1.74. The maximum atomic E-state index is 14.0. The van der Waals surface area contributed by atoms with Gasteiger partial charge in [0, 0.05) is 22.8 Å². The highest BCUT2D eigenvalue weighted by Gasteiger charge is 2.55. The summed E-state index contributed by atoms with van der Waals surface area (Å²) in [7, 11) is 0. The van der Waals surface area contributed by atoms with Crippen molar-refractivity contribution in [2.24, 2.45) is 0 Å². The molecule has 4 nitrogen and oxygen atoms in total. The van der Waals surface area contributed by atoms with Crippen LogP contribution in [-0.2, 0) is 23.5 Å². The van der Waals surface area contributed by atoms with E-state index < -0.39 is 5.60 Å². The summed E-state index contributed by atoms with van der Waals surface area (Å²) < 4.78 is 0. The highest BCUT2D eigenvalue weighted by Crippen LogP contribution is 2.49. The predicted octanol–water partition coefficient (Wildman–Crippen LogP) is 4.19. The third-order valence-corrected chi connectivity index (χ3v) is 6.83. The van der Waals surface area contributed by atoms with Gasteiger partial charge in [0.15, 0.2) is 0 Å². The lowest BCUT2D eigenvalue weighted by Gasteiger charge is -2.24. The van der Waals surface area contributed by atoms with E-state index in [0.717, 1.165) is 33.9 Å². The van der Waals surface area contributed by atoms with E-state index in [2.05, 4.69) is 18.2 Å². The van der Waals surface area contributed by atoms with Gasteiger partial charge in [0.05, 0.1) is 17.8 Å². The minimum Gasteiger partial charge on any atom is -0.371 e. The number of fused-ring (bicyclic) bond motifs is 2. The molecule has 0 radical (unpaired) electrons. The van der Waals surface area contributed by atoms with E-state index in [-0.39, 0.29) is 5.91 Å². The highest BCUT2D eigenvalue weighted by atomic mass is 16.3. The number of benzene rings is 4. The molecule has 2 N–H and O–H groups in total. The van der Waals surface area contributed by atoms with Crippen LogP contribution >= 0.6 is 0 Å². The lowest BCUT2D eigenvalue weighted by atomic mass is 9.84. The van der Waals surface area contributed by atoms with Crippen LogP contribution in [0.2, 0.25) is 0 Å². The second-order valence-electron chi connectivity index (χ2n) is 8.90. The Morgan fingerprint density at radius 2 is 1.35 bits per heavy atom. The summed E-state index contributed by atoms with van der Waals surface area (Å²) in [6.07, 6.45) is 2.03. The zero-order valence-electron chi connectivity index (χ0n) is 18.7.